The van der Waals surface area contributed by atoms with Gasteiger partial charge in [0, 0.05) is 18.5 Å². The van der Waals surface area contributed by atoms with Gasteiger partial charge in [-0.2, -0.15) is 8.78 Å². The van der Waals surface area contributed by atoms with Gasteiger partial charge in [-0.15, -0.1) is 0 Å². The Balaban J connectivity index is 1.82. The predicted octanol–water partition coefficient (Wildman–Crippen LogP) is 4.65. The molecular formula is C31H32F4N2O6. The van der Waals surface area contributed by atoms with Crippen molar-refractivity contribution in [1.29, 1.82) is 0 Å². The molecule has 1 amide bonds. The summed E-state index contributed by atoms with van der Waals surface area (Å²) in [7, 11) is 0. The van der Waals surface area contributed by atoms with Gasteiger partial charge in [-0.1, -0.05) is 80.4 Å². The summed E-state index contributed by atoms with van der Waals surface area (Å²) in [6.45, 7) is 1.52. The molecule has 0 aromatic heterocycles. The first-order chi connectivity index (χ1) is 20.6. The number of halogens is 4. The minimum absolute atomic E-state index is 0.267. The van der Waals surface area contributed by atoms with Crippen LogP contribution in [0.2, 0.25) is 0 Å². The third-order valence-electron chi connectivity index (χ3n) is 6.27. The molecule has 3 rings (SSSR count). The molecule has 12 heteroatoms. The summed E-state index contributed by atoms with van der Waals surface area (Å²) in [6, 6.07) is 15.0. The minimum atomic E-state index is -2.45. The van der Waals surface area contributed by atoms with Crippen LogP contribution in [0.3, 0.4) is 0 Å². The second-order valence-electron chi connectivity index (χ2n) is 9.56. The number of unbranched alkanes of at least 4 members (excludes halogenated alkanes) is 2. The van der Waals surface area contributed by atoms with E-state index in [0.29, 0.717) is 17.5 Å². The van der Waals surface area contributed by atoms with Gasteiger partial charge in [-0.25, -0.2) is 18.4 Å². The second-order valence-corrected chi connectivity index (χ2v) is 9.56. The lowest BCUT2D eigenvalue weighted by molar-refractivity contribution is -0.168. The second kappa shape index (κ2) is 16.3. The van der Waals surface area contributed by atoms with Gasteiger partial charge >= 0.3 is 11.9 Å². The van der Waals surface area contributed by atoms with Crippen molar-refractivity contribution in [2.24, 2.45) is 5.73 Å². The summed E-state index contributed by atoms with van der Waals surface area (Å²) in [5.41, 5.74) is 5.60. The van der Waals surface area contributed by atoms with E-state index in [2.05, 4.69) is 5.32 Å². The molecule has 0 spiro atoms. The molecule has 0 fully saturated rings. The first-order valence-corrected chi connectivity index (χ1v) is 13.6. The Labute approximate surface area is 246 Å². The number of benzene rings is 3. The molecule has 3 aromatic rings. The molecule has 0 radical (unpaired) electrons. The van der Waals surface area contributed by atoms with Crippen molar-refractivity contribution in [3.8, 4) is 5.75 Å². The number of nitrogens with two attached hydrogens (primary N) is 1. The lowest BCUT2D eigenvalue weighted by atomic mass is 10.0. The quantitative estimate of drug-likeness (QED) is 0.0853. The molecule has 1 unspecified atom stereocenters. The maximum Gasteiger partial charge on any atom is 0.359 e. The standard InChI is InChI=1S/C31H32F4N2O6/c1-2-3-10-15-37-29(38)22(36)16-21-23(32)25(34)27(26(35)24(21)33)43-28(30(39)41-17-19-11-6-4-7-12-19)31(40)42-18-20-13-8-5-9-14-20/h4-9,11-14,22,28H,2-3,10,15-18,36H2,1H3,(H,37,38). The molecule has 8 nitrogen and oxygen atoms in total. The van der Waals surface area contributed by atoms with Gasteiger partial charge in [0.05, 0.1) is 6.04 Å². The number of rotatable bonds is 15. The Morgan fingerprint density at radius 3 is 1.72 bits per heavy atom. The Bertz CT molecular complexity index is 1310. The highest BCUT2D eigenvalue weighted by atomic mass is 19.2. The third-order valence-corrected chi connectivity index (χ3v) is 6.27. The normalized spacial score (nSPS) is 11.6. The molecule has 0 saturated carbocycles. The Morgan fingerprint density at radius 1 is 0.767 bits per heavy atom. The van der Waals surface area contributed by atoms with E-state index in [4.69, 9.17) is 19.9 Å². The summed E-state index contributed by atoms with van der Waals surface area (Å²) in [6.07, 6.45) is -0.959. The van der Waals surface area contributed by atoms with Gasteiger partial charge < -0.3 is 25.3 Å². The van der Waals surface area contributed by atoms with E-state index >= 15 is 8.78 Å². The van der Waals surface area contributed by atoms with E-state index in [0.717, 1.165) is 12.8 Å². The zero-order chi connectivity index (χ0) is 31.4. The Morgan fingerprint density at radius 2 is 1.26 bits per heavy atom. The monoisotopic (exact) mass is 604 g/mol. The summed E-state index contributed by atoms with van der Waals surface area (Å²) in [5.74, 6) is -13.2. The van der Waals surface area contributed by atoms with Crippen LogP contribution in [-0.4, -0.2) is 36.5 Å². The van der Waals surface area contributed by atoms with Gasteiger partial charge in [-0.05, 0) is 17.5 Å². The van der Waals surface area contributed by atoms with E-state index in [1.807, 2.05) is 6.92 Å². The van der Waals surface area contributed by atoms with Crippen molar-refractivity contribution < 1.29 is 46.2 Å². The van der Waals surface area contributed by atoms with E-state index in [9.17, 15) is 23.2 Å². The maximum atomic E-state index is 15.1. The average Bonchev–Trinajstić information content (AvgIpc) is 3.02. The Hall–Kier alpha value is -4.45. The number of ether oxygens (including phenoxy) is 3. The highest BCUT2D eigenvalue weighted by molar-refractivity contribution is 5.98. The number of carbonyl (C=O) groups is 3. The molecular weight excluding hydrogens is 572 g/mol. The first-order valence-electron chi connectivity index (χ1n) is 13.6. The SMILES string of the molecule is CCCCCNC(=O)C(N)Cc1c(F)c(F)c(OC(C(=O)OCc2ccccc2)C(=O)OCc2ccccc2)c(F)c1F. The van der Waals surface area contributed by atoms with Crippen molar-refractivity contribution in [2.45, 2.75) is 58.0 Å². The van der Waals surface area contributed by atoms with Gasteiger partial charge in [0.2, 0.25) is 17.5 Å². The summed E-state index contributed by atoms with van der Waals surface area (Å²) in [4.78, 5) is 37.9. The molecule has 1 atom stereocenters. The number of carbonyl (C=O) groups excluding carboxylic acids is 3. The predicted molar refractivity (Wildman–Crippen MR) is 147 cm³/mol. The lowest BCUT2D eigenvalue weighted by Crippen LogP contribution is -2.42. The zero-order valence-corrected chi connectivity index (χ0v) is 23.4. The molecule has 0 aliphatic heterocycles. The molecule has 230 valence electrons. The Kier molecular flexibility index (Phi) is 12.5. The zero-order valence-electron chi connectivity index (χ0n) is 23.4. The van der Waals surface area contributed by atoms with Crippen LogP contribution in [0.5, 0.6) is 5.75 Å². The van der Waals surface area contributed by atoms with Gasteiger partial charge in [0.15, 0.2) is 17.4 Å². The molecule has 0 aliphatic carbocycles. The van der Waals surface area contributed by atoms with Gasteiger partial charge in [0.1, 0.15) is 13.2 Å². The summed E-state index contributed by atoms with van der Waals surface area (Å²) in [5, 5.41) is 2.49. The van der Waals surface area contributed by atoms with Crippen LogP contribution in [0.15, 0.2) is 60.7 Å². The number of amides is 1. The first kappa shape index (κ1) is 33.1. The smallest absolute Gasteiger partial charge is 0.359 e. The van der Waals surface area contributed by atoms with E-state index < -0.39 is 71.0 Å². The minimum Gasteiger partial charge on any atom is -0.460 e. The fourth-order valence-electron chi connectivity index (χ4n) is 3.89. The molecule has 0 bridgehead atoms. The lowest BCUT2D eigenvalue weighted by Gasteiger charge is -2.20. The highest BCUT2D eigenvalue weighted by Crippen LogP contribution is 2.32. The van der Waals surface area contributed by atoms with Gasteiger partial charge in [0.25, 0.3) is 6.10 Å². The van der Waals surface area contributed by atoms with Gasteiger partial charge in [-0.3, -0.25) is 4.79 Å². The van der Waals surface area contributed by atoms with Crippen LogP contribution in [0.1, 0.15) is 42.9 Å². The van der Waals surface area contributed by atoms with Crippen molar-refractivity contribution in [3.05, 3.63) is 101 Å². The van der Waals surface area contributed by atoms with Crippen molar-refractivity contribution in [2.75, 3.05) is 6.54 Å². The van der Waals surface area contributed by atoms with Crippen molar-refractivity contribution in [3.63, 3.8) is 0 Å². The van der Waals surface area contributed by atoms with Crippen molar-refractivity contribution in [1.82, 2.24) is 5.32 Å². The summed E-state index contributed by atoms with van der Waals surface area (Å²) < 4.78 is 75.2. The van der Waals surface area contributed by atoms with E-state index in [-0.39, 0.29) is 19.8 Å². The topological polar surface area (TPSA) is 117 Å². The molecule has 3 aromatic carbocycles. The fourth-order valence-corrected chi connectivity index (χ4v) is 3.89. The number of nitrogens with one attached hydrogen (secondary N) is 1. The van der Waals surface area contributed by atoms with E-state index in [1.165, 1.54) is 0 Å². The van der Waals surface area contributed by atoms with E-state index in [1.54, 1.807) is 60.7 Å². The van der Waals surface area contributed by atoms with Crippen LogP contribution in [0.25, 0.3) is 0 Å². The van der Waals surface area contributed by atoms with Crippen LogP contribution in [0.4, 0.5) is 17.6 Å². The fraction of sp³-hybridized carbons (Fsp3) is 0.323. The van der Waals surface area contributed by atoms with Crippen LogP contribution < -0.4 is 15.8 Å². The molecule has 3 N–H and O–H groups in total. The molecule has 43 heavy (non-hydrogen) atoms. The van der Waals surface area contributed by atoms with Crippen LogP contribution >= 0.6 is 0 Å². The highest BCUT2D eigenvalue weighted by Gasteiger charge is 2.37. The molecule has 0 saturated heterocycles. The van der Waals surface area contributed by atoms with Crippen LogP contribution in [0, 0.1) is 23.3 Å². The number of esters is 2. The third kappa shape index (κ3) is 9.27. The maximum absolute atomic E-state index is 15.1. The molecule has 0 aliphatic rings. The molecule has 0 heterocycles. The average molecular weight is 605 g/mol. The van der Waals surface area contributed by atoms with Crippen molar-refractivity contribution >= 4 is 17.8 Å². The van der Waals surface area contributed by atoms with Crippen LogP contribution in [-0.2, 0) is 43.5 Å². The number of hydrogen-bond acceptors (Lipinski definition) is 7. The largest absolute Gasteiger partial charge is 0.460 e. The number of hydrogen-bond donors (Lipinski definition) is 2. The summed E-state index contributed by atoms with van der Waals surface area (Å²) >= 11 is 0.